The van der Waals surface area contributed by atoms with Gasteiger partial charge in [0.25, 0.3) is 0 Å². The monoisotopic (exact) mass is 219 g/mol. The van der Waals surface area contributed by atoms with E-state index in [1.807, 2.05) is 16.8 Å². The van der Waals surface area contributed by atoms with Gasteiger partial charge < -0.3 is 9.52 Å². The number of aliphatic hydroxyl groups is 1. The predicted octanol–water partition coefficient (Wildman–Crippen LogP) is 1.09. The van der Waals surface area contributed by atoms with E-state index in [4.69, 9.17) is 9.52 Å². The van der Waals surface area contributed by atoms with Crippen molar-refractivity contribution in [1.82, 2.24) is 14.8 Å². The molecule has 1 aliphatic rings. The number of rotatable bonds is 2. The van der Waals surface area contributed by atoms with E-state index in [1.54, 1.807) is 6.26 Å². The standard InChI is InChI=1S/C11H13N3O2/c15-7-8-3-4-10-12-11(13-14(10)6-8)9-2-1-5-16-9/h1-2,5,8,15H,3-4,6-7H2. The SMILES string of the molecule is OCC1CCc2nc(-c3ccco3)nn2C1. The number of hydrogen-bond donors (Lipinski definition) is 1. The molecule has 1 aliphatic heterocycles. The molecule has 0 saturated carbocycles. The minimum absolute atomic E-state index is 0.218. The molecule has 2 aromatic rings. The van der Waals surface area contributed by atoms with Crippen molar-refractivity contribution in [3.63, 3.8) is 0 Å². The molecule has 16 heavy (non-hydrogen) atoms. The smallest absolute Gasteiger partial charge is 0.217 e. The molecule has 84 valence electrons. The highest BCUT2D eigenvalue weighted by Gasteiger charge is 2.21. The Hall–Kier alpha value is -1.62. The third-order valence-corrected chi connectivity index (χ3v) is 2.96. The number of furan rings is 1. The Morgan fingerprint density at radius 1 is 1.56 bits per heavy atom. The highest BCUT2D eigenvalue weighted by atomic mass is 16.3. The number of hydrogen-bond acceptors (Lipinski definition) is 4. The molecule has 5 nitrogen and oxygen atoms in total. The van der Waals surface area contributed by atoms with Crippen LogP contribution in [0.15, 0.2) is 22.8 Å². The molecule has 0 aliphatic carbocycles. The van der Waals surface area contributed by atoms with E-state index in [9.17, 15) is 0 Å². The summed E-state index contributed by atoms with van der Waals surface area (Å²) in [6.07, 6.45) is 3.47. The van der Waals surface area contributed by atoms with Gasteiger partial charge in [0.1, 0.15) is 5.82 Å². The summed E-state index contributed by atoms with van der Waals surface area (Å²) in [6, 6.07) is 3.68. The summed E-state index contributed by atoms with van der Waals surface area (Å²) in [7, 11) is 0. The van der Waals surface area contributed by atoms with Crippen LogP contribution in [0, 0.1) is 5.92 Å². The predicted molar refractivity (Wildman–Crippen MR) is 56.6 cm³/mol. The minimum atomic E-state index is 0.218. The summed E-state index contributed by atoms with van der Waals surface area (Å²) in [6.45, 7) is 0.967. The Morgan fingerprint density at radius 2 is 2.50 bits per heavy atom. The largest absolute Gasteiger partial charge is 0.461 e. The Bertz CT molecular complexity index is 475. The van der Waals surface area contributed by atoms with Gasteiger partial charge in [0.05, 0.1) is 6.26 Å². The number of aromatic nitrogens is 3. The topological polar surface area (TPSA) is 64.1 Å². The van der Waals surface area contributed by atoms with Gasteiger partial charge in [-0.2, -0.15) is 0 Å². The first-order valence-electron chi connectivity index (χ1n) is 5.45. The summed E-state index contributed by atoms with van der Waals surface area (Å²) < 4.78 is 7.14. The average Bonchev–Trinajstić information content (AvgIpc) is 2.96. The lowest BCUT2D eigenvalue weighted by atomic mass is 10.0. The van der Waals surface area contributed by atoms with Crippen LogP contribution >= 0.6 is 0 Å². The number of nitrogens with zero attached hydrogens (tertiary/aromatic N) is 3. The van der Waals surface area contributed by atoms with Gasteiger partial charge in [-0.3, -0.25) is 0 Å². The molecule has 0 aromatic carbocycles. The maximum absolute atomic E-state index is 9.13. The molecule has 0 saturated heterocycles. The lowest BCUT2D eigenvalue weighted by molar-refractivity contribution is 0.185. The van der Waals surface area contributed by atoms with Gasteiger partial charge >= 0.3 is 0 Å². The van der Waals surface area contributed by atoms with Crippen LogP contribution < -0.4 is 0 Å². The fourth-order valence-corrected chi connectivity index (χ4v) is 2.03. The molecule has 5 heteroatoms. The quantitative estimate of drug-likeness (QED) is 0.821. The summed E-state index contributed by atoms with van der Waals surface area (Å²) in [5, 5.41) is 13.5. The van der Waals surface area contributed by atoms with E-state index >= 15 is 0 Å². The second-order valence-corrected chi connectivity index (χ2v) is 4.10. The van der Waals surface area contributed by atoms with Crippen molar-refractivity contribution in [2.24, 2.45) is 5.92 Å². The molecule has 0 amide bonds. The van der Waals surface area contributed by atoms with Gasteiger partial charge in [-0.25, -0.2) is 9.67 Å². The molecular weight excluding hydrogens is 206 g/mol. The van der Waals surface area contributed by atoms with Crippen LogP contribution in [0.5, 0.6) is 0 Å². The summed E-state index contributed by atoms with van der Waals surface area (Å²) in [5.74, 6) is 2.62. The van der Waals surface area contributed by atoms with Crippen molar-refractivity contribution >= 4 is 0 Å². The van der Waals surface area contributed by atoms with Crippen molar-refractivity contribution in [3.8, 4) is 11.6 Å². The van der Waals surface area contributed by atoms with E-state index in [-0.39, 0.29) is 6.61 Å². The first kappa shape index (κ1) is 9.59. The van der Waals surface area contributed by atoms with Crippen LogP contribution in [0.2, 0.25) is 0 Å². The average molecular weight is 219 g/mol. The third-order valence-electron chi connectivity index (χ3n) is 2.96. The van der Waals surface area contributed by atoms with E-state index < -0.39 is 0 Å². The molecule has 2 aromatic heterocycles. The number of aryl methyl sites for hydroxylation is 1. The molecule has 0 bridgehead atoms. The second kappa shape index (κ2) is 3.75. The first-order chi connectivity index (χ1) is 7.86. The number of aliphatic hydroxyl groups excluding tert-OH is 1. The fraction of sp³-hybridized carbons (Fsp3) is 0.455. The van der Waals surface area contributed by atoms with Gasteiger partial charge in [0, 0.05) is 25.5 Å². The van der Waals surface area contributed by atoms with Crippen molar-refractivity contribution < 1.29 is 9.52 Å². The van der Waals surface area contributed by atoms with Gasteiger partial charge in [0.2, 0.25) is 5.82 Å². The lowest BCUT2D eigenvalue weighted by Gasteiger charge is -2.19. The molecule has 3 heterocycles. The van der Waals surface area contributed by atoms with Crippen molar-refractivity contribution in [2.45, 2.75) is 19.4 Å². The fourth-order valence-electron chi connectivity index (χ4n) is 2.03. The van der Waals surface area contributed by atoms with E-state index in [0.29, 0.717) is 17.5 Å². The zero-order chi connectivity index (χ0) is 11.0. The maximum Gasteiger partial charge on any atom is 0.217 e. The molecular formula is C11H13N3O2. The van der Waals surface area contributed by atoms with Gasteiger partial charge in [0.15, 0.2) is 5.76 Å². The summed E-state index contributed by atoms with van der Waals surface area (Å²) in [4.78, 5) is 4.44. The first-order valence-corrected chi connectivity index (χ1v) is 5.45. The summed E-state index contributed by atoms with van der Waals surface area (Å²) in [5.41, 5.74) is 0. The van der Waals surface area contributed by atoms with Crippen molar-refractivity contribution in [3.05, 3.63) is 24.2 Å². The maximum atomic E-state index is 9.13. The van der Waals surface area contributed by atoms with Gasteiger partial charge in [-0.1, -0.05) is 0 Å². The molecule has 1 unspecified atom stereocenters. The molecule has 0 fully saturated rings. The lowest BCUT2D eigenvalue weighted by Crippen LogP contribution is -2.23. The van der Waals surface area contributed by atoms with Crippen LogP contribution in [0.25, 0.3) is 11.6 Å². The second-order valence-electron chi connectivity index (χ2n) is 4.10. The highest BCUT2D eigenvalue weighted by molar-refractivity contribution is 5.45. The molecule has 3 rings (SSSR count). The van der Waals surface area contributed by atoms with Crippen molar-refractivity contribution in [2.75, 3.05) is 6.61 Å². The van der Waals surface area contributed by atoms with E-state index in [2.05, 4.69) is 10.1 Å². The minimum Gasteiger partial charge on any atom is -0.461 e. The normalized spacial score (nSPS) is 19.7. The Balaban J connectivity index is 1.92. The zero-order valence-corrected chi connectivity index (χ0v) is 8.83. The van der Waals surface area contributed by atoms with Crippen LogP contribution in [0.4, 0.5) is 0 Å². The van der Waals surface area contributed by atoms with E-state index in [1.165, 1.54) is 0 Å². The third kappa shape index (κ3) is 1.53. The van der Waals surface area contributed by atoms with Gasteiger partial charge in [-0.05, 0) is 18.6 Å². The summed E-state index contributed by atoms with van der Waals surface area (Å²) >= 11 is 0. The van der Waals surface area contributed by atoms with Crippen LogP contribution in [-0.2, 0) is 13.0 Å². The van der Waals surface area contributed by atoms with Crippen molar-refractivity contribution in [1.29, 1.82) is 0 Å². The van der Waals surface area contributed by atoms with Crippen LogP contribution in [-0.4, -0.2) is 26.5 Å². The molecule has 1 N–H and O–H groups in total. The van der Waals surface area contributed by atoms with Crippen LogP contribution in [0.3, 0.4) is 0 Å². The Labute approximate surface area is 92.7 Å². The zero-order valence-electron chi connectivity index (χ0n) is 8.83. The Kier molecular flexibility index (Phi) is 2.25. The highest BCUT2D eigenvalue weighted by Crippen LogP contribution is 2.22. The Morgan fingerprint density at radius 3 is 3.25 bits per heavy atom. The van der Waals surface area contributed by atoms with Crippen LogP contribution in [0.1, 0.15) is 12.2 Å². The molecule has 0 spiro atoms. The van der Waals surface area contributed by atoms with Gasteiger partial charge in [-0.15, -0.1) is 5.10 Å². The number of fused-ring (bicyclic) bond motifs is 1. The molecule has 1 atom stereocenters. The molecule has 0 radical (unpaired) electrons. The van der Waals surface area contributed by atoms with E-state index in [0.717, 1.165) is 25.2 Å².